The number of hydrogen-bond donors (Lipinski definition) is 0. The van der Waals surface area contributed by atoms with Crippen LogP contribution in [0.15, 0.2) is 34.9 Å². The van der Waals surface area contributed by atoms with Crippen molar-refractivity contribution in [3.8, 4) is 11.3 Å². The largest absolute Gasteiger partial charge is 0.356 e. The number of halogens is 1. The van der Waals surface area contributed by atoms with Gasteiger partial charge in [-0.1, -0.05) is 28.9 Å². The van der Waals surface area contributed by atoms with Gasteiger partial charge in [-0.2, -0.15) is 8.42 Å². The van der Waals surface area contributed by atoms with E-state index in [1.165, 1.54) is 6.92 Å². The van der Waals surface area contributed by atoms with Gasteiger partial charge < -0.3 is 4.52 Å². The Morgan fingerprint density at radius 3 is 2.84 bits per heavy atom. The number of aromatic nitrogens is 1. The summed E-state index contributed by atoms with van der Waals surface area (Å²) in [5, 5.41) is 4.34. The monoisotopic (exact) mass is 301 g/mol. The molecule has 102 valence electrons. The second-order valence-electron chi connectivity index (χ2n) is 3.80. The number of nitrogens with zero attached hydrogens (tertiary/aromatic N) is 1. The quantitative estimate of drug-likeness (QED) is 0.794. The van der Waals surface area contributed by atoms with Crippen LogP contribution in [0.1, 0.15) is 12.6 Å². The first-order valence-electron chi connectivity index (χ1n) is 5.59. The molecule has 0 aliphatic rings. The predicted octanol–water partition coefficient (Wildman–Crippen LogP) is 2.86. The fourth-order valence-corrected chi connectivity index (χ4v) is 2.05. The Morgan fingerprint density at radius 1 is 1.37 bits per heavy atom. The normalized spacial score (nSPS) is 11.7. The molecular weight excluding hydrogens is 290 g/mol. The Bertz CT molecular complexity index is 666. The Balaban J connectivity index is 2.12. The van der Waals surface area contributed by atoms with Gasteiger partial charge in [0.2, 0.25) is 0 Å². The Kier molecular flexibility index (Phi) is 4.24. The van der Waals surface area contributed by atoms with Gasteiger partial charge in [0.1, 0.15) is 12.3 Å². The number of benzene rings is 1. The van der Waals surface area contributed by atoms with Crippen molar-refractivity contribution in [2.45, 2.75) is 13.5 Å². The lowest BCUT2D eigenvalue weighted by Crippen LogP contribution is -2.07. The van der Waals surface area contributed by atoms with Crippen LogP contribution in [0, 0.1) is 0 Å². The van der Waals surface area contributed by atoms with E-state index in [0.717, 1.165) is 5.56 Å². The highest BCUT2D eigenvalue weighted by atomic mass is 35.5. The Hall–Kier alpha value is -1.37. The molecule has 0 N–H and O–H groups in total. The summed E-state index contributed by atoms with van der Waals surface area (Å²) in [7, 11) is -3.48. The predicted molar refractivity (Wildman–Crippen MR) is 71.2 cm³/mol. The standard InChI is InChI=1S/C12H12ClNO4S/c1-2-19(15,16)17-8-11-7-12(18-14-11)9-4-3-5-10(13)6-9/h3-7H,2,8H2,1H3. The first-order chi connectivity index (χ1) is 9.00. The summed E-state index contributed by atoms with van der Waals surface area (Å²) in [6.45, 7) is 1.37. The van der Waals surface area contributed by atoms with Crippen LogP contribution in [0.4, 0.5) is 0 Å². The summed E-state index contributed by atoms with van der Waals surface area (Å²) < 4.78 is 32.3. The molecule has 0 fully saturated rings. The average Bonchev–Trinajstić information content (AvgIpc) is 2.85. The second kappa shape index (κ2) is 5.73. The maximum Gasteiger partial charge on any atom is 0.267 e. The van der Waals surface area contributed by atoms with E-state index in [4.69, 9.17) is 20.3 Å². The summed E-state index contributed by atoms with van der Waals surface area (Å²) in [6, 6.07) is 8.71. The molecule has 7 heteroatoms. The van der Waals surface area contributed by atoms with Crippen molar-refractivity contribution in [3.05, 3.63) is 41.0 Å². The van der Waals surface area contributed by atoms with Crippen molar-refractivity contribution in [1.29, 1.82) is 0 Å². The molecule has 0 aliphatic heterocycles. The molecule has 1 aromatic heterocycles. The first kappa shape index (κ1) is 14.0. The summed E-state index contributed by atoms with van der Waals surface area (Å²) in [5.74, 6) is 0.432. The molecule has 2 aromatic rings. The van der Waals surface area contributed by atoms with E-state index >= 15 is 0 Å². The minimum atomic E-state index is -3.48. The number of rotatable bonds is 5. The molecule has 0 saturated heterocycles. The van der Waals surface area contributed by atoms with Crippen molar-refractivity contribution >= 4 is 21.7 Å². The van der Waals surface area contributed by atoms with Gasteiger partial charge in [-0.15, -0.1) is 0 Å². The van der Waals surface area contributed by atoms with E-state index in [9.17, 15) is 8.42 Å². The molecule has 0 unspecified atom stereocenters. The number of hydrogen-bond acceptors (Lipinski definition) is 5. The summed E-state index contributed by atoms with van der Waals surface area (Å²) in [4.78, 5) is 0. The van der Waals surface area contributed by atoms with Crippen molar-refractivity contribution in [2.75, 3.05) is 5.75 Å². The van der Waals surface area contributed by atoms with E-state index in [-0.39, 0.29) is 12.4 Å². The molecule has 1 aromatic carbocycles. The molecule has 0 bridgehead atoms. The van der Waals surface area contributed by atoms with E-state index in [0.29, 0.717) is 16.5 Å². The SMILES string of the molecule is CCS(=O)(=O)OCc1cc(-c2cccc(Cl)c2)on1. The minimum absolute atomic E-state index is 0.0774. The maximum absolute atomic E-state index is 11.2. The third-order valence-electron chi connectivity index (χ3n) is 2.41. The van der Waals surface area contributed by atoms with Crippen molar-refractivity contribution in [3.63, 3.8) is 0 Å². The molecule has 1 heterocycles. The highest BCUT2D eigenvalue weighted by molar-refractivity contribution is 7.86. The smallest absolute Gasteiger partial charge is 0.267 e. The van der Waals surface area contributed by atoms with Crippen LogP contribution in [0.5, 0.6) is 0 Å². The molecule has 0 spiro atoms. The van der Waals surface area contributed by atoms with Gasteiger partial charge >= 0.3 is 0 Å². The molecule has 0 radical (unpaired) electrons. The lowest BCUT2D eigenvalue weighted by atomic mass is 10.2. The van der Waals surface area contributed by atoms with E-state index < -0.39 is 10.1 Å². The van der Waals surface area contributed by atoms with E-state index in [1.54, 1.807) is 24.3 Å². The lowest BCUT2D eigenvalue weighted by molar-refractivity contribution is 0.294. The molecule has 0 saturated carbocycles. The van der Waals surface area contributed by atoms with Gasteiger partial charge in [-0.05, 0) is 19.1 Å². The summed E-state index contributed by atoms with van der Waals surface area (Å²) in [5.41, 5.74) is 1.18. The van der Waals surface area contributed by atoms with Gasteiger partial charge in [0, 0.05) is 16.7 Å². The van der Waals surface area contributed by atoms with Crippen molar-refractivity contribution in [2.24, 2.45) is 0 Å². The van der Waals surface area contributed by atoms with Gasteiger partial charge in [0.25, 0.3) is 10.1 Å². The second-order valence-corrected chi connectivity index (χ2v) is 6.17. The highest BCUT2D eigenvalue weighted by Gasteiger charge is 2.12. The topological polar surface area (TPSA) is 69.4 Å². The summed E-state index contributed by atoms with van der Waals surface area (Å²) in [6.07, 6.45) is 0. The fourth-order valence-electron chi connectivity index (χ4n) is 1.39. The highest BCUT2D eigenvalue weighted by Crippen LogP contribution is 2.23. The van der Waals surface area contributed by atoms with Gasteiger partial charge in [0.15, 0.2) is 5.76 Å². The van der Waals surface area contributed by atoms with Crippen LogP contribution in [-0.4, -0.2) is 19.3 Å². The lowest BCUT2D eigenvalue weighted by Gasteiger charge is -1.98. The summed E-state index contributed by atoms with van der Waals surface area (Å²) >= 11 is 5.88. The van der Waals surface area contributed by atoms with Gasteiger partial charge in [-0.3, -0.25) is 4.18 Å². The van der Waals surface area contributed by atoms with Crippen molar-refractivity contribution in [1.82, 2.24) is 5.16 Å². The Labute approximate surface area is 116 Å². The molecule has 0 amide bonds. The van der Waals surface area contributed by atoms with Crippen LogP contribution >= 0.6 is 11.6 Å². The van der Waals surface area contributed by atoms with Gasteiger partial charge in [-0.25, -0.2) is 0 Å². The van der Waals surface area contributed by atoms with Crippen LogP contribution in [0.3, 0.4) is 0 Å². The molecule has 0 atom stereocenters. The molecule has 5 nitrogen and oxygen atoms in total. The zero-order chi connectivity index (χ0) is 13.9. The molecule has 2 rings (SSSR count). The van der Waals surface area contributed by atoms with Crippen LogP contribution in [-0.2, 0) is 20.9 Å². The zero-order valence-electron chi connectivity index (χ0n) is 10.2. The first-order valence-corrected chi connectivity index (χ1v) is 7.54. The maximum atomic E-state index is 11.2. The van der Waals surface area contributed by atoms with Crippen molar-refractivity contribution < 1.29 is 17.1 Å². The van der Waals surface area contributed by atoms with Crippen LogP contribution in [0.25, 0.3) is 11.3 Å². The van der Waals surface area contributed by atoms with Crippen LogP contribution in [0.2, 0.25) is 5.02 Å². The third-order valence-corrected chi connectivity index (χ3v) is 3.83. The van der Waals surface area contributed by atoms with E-state index in [2.05, 4.69) is 5.16 Å². The molecule has 0 aliphatic carbocycles. The fraction of sp³-hybridized carbons (Fsp3) is 0.250. The Morgan fingerprint density at radius 2 is 2.16 bits per heavy atom. The molecular formula is C12H12ClNO4S. The third kappa shape index (κ3) is 3.79. The van der Waals surface area contributed by atoms with E-state index in [1.807, 2.05) is 6.07 Å². The van der Waals surface area contributed by atoms with Crippen LogP contribution < -0.4 is 0 Å². The zero-order valence-corrected chi connectivity index (χ0v) is 11.7. The van der Waals surface area contributed by atoms with Gasteiger partial charge in [0.05, 0.1) is 5.75 Å². The minimum Gasteiger partial charge on any atom is -0.356 e. The average molecular weight is 302 g/mol. The molecule has 19 heavy (non-hydrogen) atoms.